The Kier molecular flexibility index (Phi) is 4.04. The number of H-pyrrole nitrogens is 1. The lowest BCUT2D eigenvalue weighted by atomic mass is 9.92. The fraction of sp³-hybridized carbons (Fsp3) is 0.222. The topological polar surface area (TPSA) is 99.5 Å². The van der Waals surface area contributed by atoms with Gasteiger partial charge < -0.3 is 19.9 Å². The van der Waals surface area contributed by atoms with Gasteiger partial charge in [-0.3, -0.25) is 9.89 Å². The zero-order chi connectivity index (χ0) is 18.3. The highest BCUT2D eigenvalue weighted by Gasteiger charge is 2.29. The Morgan fingerprint density at radius 2 is 2.04 bits per heavy atom. The molecule has 4 rings (SSSR count). The molecule has 2 aromatic heterocycles. The van der Waals surface area contributed by atoms with E-state index >= 15 is 0 Å². The van der Waals surface area contributed by atoms with Crippen LogP contribution in [0.25, 0.3) is 11.3 Å². The van der Waals surface area contributed by atoms with Crippen molar-refractivity contribution >= 4 is 17.2 Å². The van der Waals surface area contributed by atoms with Crippen LogP contribution in [0.3, 0.4) is 0 Å². The first-order valence-corrected chi connectivity index (χ1v) is 8.82. The van der Waals surface area contributed by atoms with Gasteiger partial charge in [-0.2, -0.15) is 5.10 Å². The van der Waals surface area contributed by atoms with E-state index in [4.69, 9.17) is 19.9 Å². The molecule has 0 aliphatic heterocycles. The van der Waals surface area contributed by atoms with Crippen molar-refractivity contribution in [2.75, 3.05) is 14.2 Å². The SMILES string of the molecule is COc1ccc(Oc2sc(C(N)=O)c3c2-c2[nH]ncc2CC3)cc1OC. The predicted octanol–water partition coefficient (Wildman–Crippen LogP) is 3.15. The van der Waals surface area contributed by atoms with Crippen molar-refractivity contribution in [2.45, 2.75) is 12.8 Å². The van der Waals surface area contributed by atoms with Crippen LogP contribution in [0.5, 0.6) is 22.3 Å². The Hall–Kier alpha value is -3.00. The Morgan fingerprint density at radius 1 is 1.23 bits per heavy atom. The number of ether oxygens (including phenoxy) is 3. The van der Waals surface area contributed by atoms with Gasteiger partial charge in [0, 0.05) is 6.07 Å². The monoisotopic (exact) mass is 371 g/mol. The van der Waals surface area contributed by atoms with Crippen molar-refractivity contribution in [3.8, 4) is 33.6 Å². The maximum absolute atomic E-state index is 11.9. The standard InChI is InChI=1S/C18H17N3O4S/c1-23-12-6-4-10(7-13(12)24-2)25-18-14-11(16(26-18)17(19)22)5-3-9-8-20-21-15(9)14/h4,6-8H,3,5H2,1-2H3,(H2,19,22)(H,20,21). The van der Waals surface area contributed by atoms with Gasteiger partial charge in [-0.25, -0.2) is 0 Å². The van der Waals surface area contributed by atoms with Gasteiger partial charge in [0.15, 0.2) is 16.6 Å². The number of aryl methyl sites for hydroxylation is 1. The second-order valence-electron chi connectivity index (χ2n) is 5.83. The van der Waals surface area contributed by atoms with Crippen LogP contribution in [0, 0.1) is 0 Å². The van der Waals surface area contributed by atoms with Crippen LogP contribution < -0.4 is 19.9 Å². The first-order chi connectivity index (χ1) is 12.6. The number of thiophene rings is 1. The summed E-state index contributed by atoms with van der Waals surface area (Å²) in [5.41, 5.74) is 9.33. The zero-order valence-electron chi connectivity index (χ0n) is 14.3. The number of hydrogen-bond acceptors (Lipinski definition) is 6. The van der Waals surface area contributed by atoms with Crippen LogP contribution in [0.1, 0.15) is 20.8 Å². The largest absolute Gasteiger partial charge is 0.493 e. The van der Waals surface area contributed by atoms with Crippen LogP contribution in [0.2, 0.25) is 0 Å². The highest BCUT2D eigenvalue weighted by atomic mass is 32.1. The van der Waals surface area contributed by atoms with E-state index in [-0.39, 0.29) is 0 Å². The number of nitrogens with one attached hydrogen (secondary N) is 1. The fourth-order valence-corrected chi connectivity index (χ4v) is 4.25. The van der Waals surface area contributed by atoms with Gasteiger partial charge in [-0.1, -0.05) is 11.3 Å². The van der Waals surface area contributed by atoms with Crippen LogP contribution in [0.15, 0.2) is 24.4 Å². The second kappa shape index (κ2) is 6.38. The number of methoxy groups -OCH3 is 2. The molecule has 0 saturated carbocycles. The molecule has 26 heavy (non-hydrogen) atoms. The average Bonchev–Trinajstić information content (AvgIpc) is 3.25. The van der Waals surface area contributed by atoms with Gasteiger partial charge in [0.2, 0.25) is 0 Å². The van der Waals surface area contributed by atoms with Crippen LogP contribution >= 0.6 is 11.3 Å². The smallest absolute Gasteiger partial charge is 0.259 e. The molecule has 3 aromatic rings. The number of fused-ring (bicyclic) bond motifs is 3. The van der Waals surface area contributed by atoms with E-state index in [1.807, 2.05) is 0 Å². The molecular weight excluding hydrogens is 354 g/mol. The molecule has 7 nitrogen and oxygen atoms in total. The summed E-state index contributed by atoms with van der Waals surface area (Å²) in [6.45, 7) is 0. The Balaban J connectivity index is 1.80. The second-order valence-corrected chi connectivity index (χ2v) is 6.81. The highest BCUT2D eigenvalue weighted by Crippen LogP contribution is 2.48. The number of nitrogens with two attached hydrogens (primary N) is 1. The first kappa shape index (κ1) is 16.5. The summed E-state index contributed by atoms with van der Waals surface area (Å²) in [5, 5.41) is 7.74. The fourth-order valence-electron chi connectivity index (χ4n) is 3.17. The van der Waals surface area contributed by atoms with Crippen molar-refractivity contribution in [3.05, 3.63) is 40.4 Å². The molecule has 2 heterocycles. The number of carbonyl (C=O) groups excluding carboxylic acids is 1. The van der Waals surface area contributed by atoms with Crippen molar-refractivity contribution in [3.63, 3.8) is 0 Å². The number of aromatic amines is 1. The van der Waals surface area contributed by atoms with Gasteiger partial charge >= 0.3 is 0 Å². The van der Waals surface area contributed by atoms with E-state index in [2.05, 4.69) is 10.2 Å². The molecule has 0 radical (unpaired) electrons. The summed E-state index contributed by atoms with van der Waals surface area (Å²) in [6.07, 6.45) is 3.34. The van der Waals surface area contributed by atoms with Gasteiger partial charge in [-0.15, -0.1) is 0 Å². The molecular formula is C18H17N3O4S. The lowest BCUT2D eigenvalue weighted by Crippen LogP contribution is -2.13. The number of nitrogens with zero attached hydrogens (tertiary/aromatic N) is 1. The molecule has 0 spiro atoms. The third-order valence-electron chi connectivity index (χ3n) is 4.38. The number of amides is 1. The lowest BCUT2D eigenvalue weighted by Gasteiger charge is -2.15. The predicted molar refractivity (Wildman–Crippen MR) is 97.4 cm³/mol. The molecule has 0 bridgehead atoms. The minimum atomic E-state index is -0.448. The van der Waals surface area contributed by atoms with E-state index < -0.39 is 5.91 Å². The summed E-state index contributed by atoms with van der Waals surface area (Å²) >= 11 is 1.25. The molecule has 134 valence electrons. The average molecular weight is 371 g/mol. The van der Waals surface area contributed by atoms with Crippen molar-refractivity contribution in [1.82, 2.24) is 10.2 Å². The van der Waals surface area contributed by atoms with E-state index in [0.29, 0.717) is 27.2 Å². The van der Waals surface area contributed by atoms with Crippen molar-refractivity contribution in [1.29, 1.82) is 0 Å². The maximum Gasteiger partial charge on any atom is 0.259 e. The zero-order valence-corrected chi connectivity index (χ0v) is 15.1. The van der Waals surface area contributed by atoms with Crippen molar-refractivity contribution < 1.29 is 19.0 Å². The highest BCUT2D eigenvalue weighted by molar-refractivity contribution is 7.16. The minimum absolute atomic E-state index is 0.448. The maximum atomic E-state index is 11.9. The third-order valence-corrected chi connectivity index (χ3v) is 5.50. The van der Waals surface area contributed by atoms with Crippen LogP contribution in [-0.4, -0.2) is 30.3 Å². The number of hydrogen-bond donors (Lipinski definition) is 2. The quantitative estimate of drug-likeness (QED) is 0.718. The third kappa shape index (κ3) is 2.59. The van der Waals surface area contributed by atoms with Gasteiger partial charge in [-0.05, 0) is 36.1 Å². The lowest BCUT2D eigenvalue weighted by molar-refractivity contribution is 0.100. The van der Waals surface area contributed by atoms with Crippen LogP contribution in [0.4, 0.5) is 0 Å². The molecule has 1 amide bonds. The molecule has 3 N–H and O–H groups in total. The normalized spacial score (nSPS) is 12.2. The number of primary amides is 1. The molecule has 0 atom stereocenters. The molecule has 1 aromatic carbocycles. The van der Waals surface area contributed by atoms with Gasteiger partial charge in [0.1, 0.15) is 5.75 Å². The Morgan fingerprint density at radius 3 is 2.77 bits per heavy atom. The number of carbonyl (C=O) groups is 1. The van der Waals surface area contributed by atoms with Gasteiger partial charge in [0.05, 0.1) is 36.6 Å². The molecule has 1 aliphatic rings. The summed E-state index contributed by atoms with van der Waals surface area (Å²) in [6, 6.07) is 5.30. The minimum Gasteiger partial charge on any atom is -0.493 e. The Bertz CT molecular complexity index is 992. The van der Waals surface area contributed by atoms with E-state index in [9.17, 15) is 4.79 Å². The van der Waals surface area contributed by atoms with Crippen LogP contribution in [-0.2, 0) is 12.8 Å². The summed E-state index contributed by atoms with van der Waals surface area (Å²) in [4.78, 5) is 12.4. The summed E-state index contributed by atoms with van der Waals surface area (Å²) in [7, 11) is 3.14. The van der Waals surface area contributed by atoms with E-state index in [1.54, 1.807) is 38.6 Å². The summed E-state index contributed by atoms with van der Waals surface area (Å²) in [5.74, 6) is 1.31. The van der Waals surface area contributed by atoms with Crippen molar-refractivity contribution in [2.24, 2.45) is 5.73 Å². The molecule has 8 heteroatoms. The van der Waals surface area contributed by atoms with Gasteiger partial charge in [0.25, 0.3) is 5.91 Å². The number of rotatable bonds is 5. The summed E-state index contributed by atoms with van der Waals surface area (Å²) < 4.78 is 16.7. The molecule has 1 aliphatic carbocycles. The molecule has 0 saturated heterocycles. The molecule has 0 unspecified atom stereocenters. The first-order valence-electron chi connectivity index (χ1n) is 8.00. The van der Waals surface area contributed by atoms with E-state index in [1.165, 1.54) is 11.3 Å². The Labute approximate surface area is 153 Å². The number of aromatic nitrogens is 2. The molecule has 0 fully saturated rings. The van der Waals surface area contributed by atoms with E-state index in [0.717, 1.165) is 35.2 Å². The number of benzene rings is 1.